The second-order valence-corrected chi connectivity index (χ2v) is 7.17. The zero-order valence-corrected chi connectivity index (χ0v) is 15.4. The van der Waals surface area contributed by atoms with Crippen molar-refractivity contribution < 1.29 is 4.79 Å². The van der Waals surface area contributed by atoms with Crippen LogP contribution in [0.2, 0.25) is 5.02 Å². The number of carbonyl (C=O) groups is 1. The Balaban J connectivity index is 1.83. The molecule has 1 aromatic heterocycles. The Hall–Kier alpha value is -2.05. The summed E-state index contributed by atoms with van der Waals surface area (Å²) in [6.45, 7) is 1.61. The third kappa shape index (κ3) is 3.80. The number of nitrogens with zero attached hydrogens (tertiary/aromatic N) is 3. The molecule has 25 heavy (non-hydrogen) atoms. The number of aromatic amines is 1. The molecule has 0 aliphatic carbocycles. The summed E-state index contributed by atoms with van der Waals surface area (Å²) >= 11 is 6.11. The first kappa shape index (κ1) is 17.8. The molecule has 0 bridgehead atoms. The van der Waals surface area contributed by atoms with E-state index in [-0.39, 0.29) is 28.5 Å². The fraction of sp³-hybridized carbons (Fsp3) is 0.444. The van der Waals surface area contributed by atoms with Crippen molar-refractivity contribution in [3.8, 4) is 0 Å². The van der Waals surface area contributed by atoms with Crippen LogP contribution in [0.5, 0.6) is 0 Å². The Labute approximate surface area is 152 Å². The fourth-order valence-electron chi connectivity index (χ4n) is 3.36. The van der Waals surface area contributed by atoms with E-state index in [0.717, 1.165) is 31.4 Å². The zero-order valence-electron chi connectivity index (χ0n) is 14.6. The summed E-state index contributed by atoms with van der Waals surface area (Å²) in [5.74, 6) is 0.0166. The van der Waals surface area contributed by atoms with E-state index in [1.165, 1.54) is 5.56 Å². The molecule has 1 atom stereocenters. The largest absolute Gasteiger partial charge is 0.381 e. The van der Waals surface area contributed by atoms with Gasteiger partial charge < -0.3 is 15.5 Å². The number of nitrogens with two attached hydrogens (primary N) is 1. The number of anilines is 1. The van der Waals surface area contributed by atoms with Crippen LogP contribution in [0.15, 0.2) is 24.3 Å². The van der Waals surface area contributed by atoms with Crippen LogP contribution in [-0.2, 0) is 6.54 Å². The Morgan fingerprint density at radius 3 is 2.68 bits per heavy atom. The van der Waals surface area contributed by atoms with E-state index < -0.39 is 0 Å². The predicted molar refractivity (Wildman–Crippen MR) is 99.5 cm³/mol. The maximum atomic E-state index is 12.9. The number of nitrogen functional groups attached to an aromatic ring is 1. The topological polar surface area (TPSA) is 78.2 Å². The number of piperidine rings is 1. The van der Waals surface area contributed by atoms with E-state index in [1.54, 1.807) is 0 Å². The van der Waals surface area contributed by atoms with Gasteiger partial charge in [-0.15, -0.1) is 0 Å². The lowest BCUT2D eigenvalue weighted by Gasteiger charge is -2.36. The molecule has 2 aromatic rings. The molecule has 1 aromatic carbocycles. The number of hydrogen-bond acceptors (Lipinski definition) is 4. The molecular weight excluding hydrogens is 338 g/mol. The number of halogens is 1. The van der Waals surface area contributed by atoms with Crippen molar-refractivity contribution in [1.29, 1.82) is 0 Å². The number of benzene rings is 1. The number of aromatic nitrogens is 2. The standard InChI is InChI=1S/C18H24ClN5O/c1-23(2)11-12-6-8-13(9-7-12)14-5-3-4-10-24(14)18(25)16-15(19)17(20)22-21-16/h6-9,14H,3-5,10-11H2,1-2H3,(H3,20,21,22)/t14-/m0/s1. The second kappa shape index (κ2) is 7.45. The van der Waals surface area contributed by atoms with Crippen molar-refractivity contribution in [2.24, 2.45) is 0 Å². The first-order valence-corrected chi connectivity index (χ1v) is 8.89. The van der Waals surface area contributed by atoms with Gasteiger partial charge >= 0.3 is 0 Å². The molecule has 6 nitrogen and oxygen atoms in total. The predicted octanol–water partition coefficient (Wildman–Crippen LogP) is 3.07. The van der Waals surface area contributed by atoms with Crippen molar-refractivity contribution >= 4 is 23.3 Å². The molecule has 7 heteroatoms. The lowest BCUT2D eigenvalue weighted by molar-refractivity contribution is 0.0605. The van der Waals surface area contributed by atoms with Crippen LogP contribution >= 0.6 is 11.6 Å². The zero-order chi connectivity index (χ0) is 18.0. The van der Waals surface area contributed by atoms with Crippen molar-refractivity contribution in [2.75, 3.05) is 26.4 Å². The van der Waals surface area contributed by atoms with Crippen molar-refractivity contribution in [2.45, 2.75) is 31.8 Å². The number of H-pyrrole nitrogens is 1. The third-order valence-electron chi connectivity index (χ3n) is 4.57. The summed E-state index contributed by atoms with van der Waals surface area (Å²) in [5.41, 5.74) is 8.34. The van der Waals surface area contributed by atoms with E-state index in [9.17, 15) is 4.79 Å². The summed E-state index contributed by atoms with van der Waals surface area (Å²) in [7, 11) is 4.10. The van der Waals surface area contributed by atoms with Gasteiger partial charge in [-0.3, -0.25) is 9.89 Å². The first-order valence-electron chi connectivity index (χ1n) is 8.51. The molecule has 0 radical (unpaired) electrons. The highest BCUT2D eigenvalue weighted by Gasteiger charge is 2.31. The van der Waals surface area contributed by atoms with Gasteiger partial charge in [-0.25, -0.2) is 0 Å². The van der Waals surface area contributed by atoms with Gasteiger partial charge in [-0.2, -0.15) is 5.10 Å². The Kier molecular flexibility index (Phi) is 5.30. The van der Waals surface area contributed by atoms with Crippen LogP contribution in [0.25, 0.3) is 0 Å². The quantitative estimate of drug-likeness (QED) is 0.877. The molecular formula is C18H24ClN5O. The maximum absolute atomic E-state index is 12.9. The second-order valence-electron chi connectivity index (χ2n) is 6.79. The van der Waals surface area contributed by atoms with Gasteiger partial charge in [0, 0.05) is 13.1 Å². The van der Waals surface area contributed by atoms with Crippen LogP contribution in [-0.4, -0.2) is 46.5 Å². The maximum Gasteiger partial charge on any atom is 0.274 e. The van der Waals surface area contributed by atoms with Crippen LogP contribution in [0.3, 0.4) is 0 Å². The number of hydrogen-bond donors (Lipinski definition) is 2. The number of likely N-dealkylation sites (tertiary alicyclic amines) is 1. The highest BCUT2D eigenvalue weighted by Crippen LogP contribution is 2.33. The average molecular weight is 362 g/mol. The molecule has 0 unspecified atom stereocenters. The summed E-state index contributed by atoms with van der Waals surface area (Å²) in [6.07, 6.45) is 3.04. The van der Waals surface area contributed by atoms with E-state index in [1.807, 2.05) is 4.90 Å². The van der Waals surface area contributed by atoms with Crippen molar-refractivity contribution in [3.05, 3.63) is 46.1 Å². The Morgan fingerprint density at radius 2 is 2.08 bits per heavy atom. The smallest absolute Gasteiger partial charge is 0.274 e. The summed E-state index contributed by atoms with van der Waals surface area (Å²) < 4.78 is 0. The number of rotatable bonds is 4. The van der Waals surface area contributed by atoms with Gasteiger partial charge in [0.1, 0.15) is 10.7 Å². The molecule has 1 amide bonds. The number of carbonyl (C=O) groups excluding carboxylic acids is 1. The SMILES string of the molecule is CN(C)Cc1ccc([C@@H]2CCCCN2C(=O)c2[nH]nc(N)c2Cl)cc1. The van der Waals surface area contributed by atoms with Crippen LogP contribution in [0.1, 0.15) is 46.9 Å². The third-order valence-corrected chi connectivity index (χ3v) is 4.96. The monoisotopic (exact) mass is 361 g/mol. The normalized spacial score (nSPS) is 17.9. The van der Waals surface area contributed by atoms with Crippen LogP contribution < -0.4 is 5.73 Å². The van der Waals surface area contributed by atoms with E-state index >= 15 is 0 Å². The molecule has 1 aliphatic rings. The number of nitrogens with one attached hydrogen (secondary N) is 1. The fourth-order valence-corrected chi connectivity index (χ4v) is 3.52. The molecule has 1 saturated heterocycles. The molecule has 3 rings (SSSR count). The molecule has 1 aliphatic heterocycles. The van der Waals surface area contributed by atoms with Crippen LogP contribution in [0.4, 0.5) is 5.82 Å². The highest BCUT2D eigenvalue weighted by atomic mass is 35.5. The lowest BCUT2D eigenvalue weighted by Crippen LogP contribution is -2.38. The van der Waals surface area contributed by atoms with Crippen molar-refractivity contribution in [1.82, 2.24) is 20.0 Å². The molecule has 0 saturated carbocycles. The minimum Gasteiger partial charge on any atom is -0.381 e. The summed E-state index contributed by atoms with van der Waals surface area (Å²) in [4.78, 5) is 17.0. The Morgan fingerprint density at radius 1 is 1.36 bits per heavy atom. The number of amides is 1. The van der Waals surface area contributed by atoms with Gasteiger partial charge in [0.05, 0.1) is 6.04 Å². The van der Waals surface area contributed by atoms with Gasteiger partial charge in [-0.1, -0.05) is 35.9 Å². The van der Waals surface area contributed by atoms with Gasteiger partial charge in [-0.05, 0) is 44.5 Å². The minimum atomic E-state index is -0.142. The molecule has 2 heterocycles. The molecule has 1 fully saturated rings. The van der Waals surface area contributed by atoms with Crippen molar-refractivity contribution in [3.63, 3.8) is 0 Å². The van der Waals surface area contributed by atoms with E-state index in [4.69, 9.17) is 17.3 Å². The highest BCUT2D eigenvalue weighted by molar-refractivity contribution is 6.35. The average Bonchev–Trinajstić information content (AvgIpc) is 2.94. The lowest BCUT2D eigenvalue weighted by atomic mass is 9.94. The Bertz CT molecular complexity index is 740. The molecule has 3 N–H and O–H groups in total. The minimum absolute atomic E-state index is 0.0512. The summed E-state index contributed by atoms with van der Waals surface area (Å²) in [5, 5.41) is 6.71. The van der Waals surface area contributed by atoms with E-state index in [0.29, 0.717) is 6.54 Å². The van der Waals surface area contributed by atoms with Gasteiger partial charge in [0.25, 0.3) is 5.91 Å². The first-order chi connectivity index (χ1) is 12.0. The van der Waals surface area contributed by atoms with Crippen LogP contribution in [0, 0.1) is 0 Å². The van der Waals surface area contributed by atoms with Gasteiger partial charge in [0.2, 0.25) is 0 Å². The molecule has 0 spiro atoms. The summed E-state index contributed by atoms with van der Waals surface area (Å²) in [6, 6.07) is 8.56. The van der Waals surface area contributed by atoms with E-state index in [2.05, 4.69) is 53.5 Å². The van der Waals surface area contributed by atoms with Gasteiger partial charge in [0.15, 0.2) is 5.82 Å². The molecule has 134 valence electrons.